The topological polar surface area (TPSA) is 76.9 Å². The number of rotatable bonds is 5. The van der Waals surface area contributed by atoms with E-state index in [0.29, 0.717) is 13.1 Å². The van der Waals surface area contributed by atoms with Crippen LogP contribution < -0.4 is 4.90 Å². The van der Waals surface area contributed by atoms with Crippen molar-refractivity contribution in [1.29, 1.82) is 0 Å². The zero-order chi connectivity index (χ0) is 25.2. The number of benzene rings is 2. The van der Waals surface area contributed by atoms with E-state index in [1.807, 2.05) is 6.07 Å². The van der Waals surface area contributed by atoms with Crippen molar-refractivity contribution in [1.82, 2.24) is 14.5 Å². The molecule has 1 saturated heterocycles. The molecule has 0 unspecified atom stereocenters. The summed E-state index contributed by atoms with van der Waals surface area (Å²) in [5.74, 6) is 0.741. The normalized spacial score (nSPS) is 17.1. The first-order chi connectivity index (χ1) is 17.5. The fraction of sp³-hybridized carbons (Fsp3) is 0.464. The predicted octanol–water partition coefficient (Wildman–Crippen LogP) is 4.35. The molecule has 1 amide bonds. The highest BCUT2D eigenvalue weighted by Gasteiger charge is 2.31. The van der Waals surface area contributed by atoms with Crippen LogP contribution in [0.1, 0.15) is 42.5 Å². The van der Waals surface area contributed by atoms with Crippen molar-refractivity contribution in [2.45, 2.75) is 45.2 Å². The van der Waals surface area contributed by atoms with Gasteiger partial charge in [0.05, 0.1) is 37.7 Å². The van der Waals surface area contributed by atoms with Gasteiger partial charge < -0.3 is 23.8 Å². The Hall–Kier alpha value is -3.55. The number of hydrogen-bond acceptors (Lipinski definition) is 6. The van der Waals surface area contributed by atoms with Gasteiger partial charge in [0, 0.05) is 31.2 Å². The van der Waals surface area contributed by atoms with Gasteiger partial charge >= 0.3 is 12.1 Å². The molecule has 1 aromatic heterocycles. The van der Waals surface area contributed by atoms with Crippen LogP contribution in [0.15, 0.2) is 42.5 Å². The van der Waals surface area contributed by atoms with Crippen LogP contribution in [0.2, 0.25) is 0 Å². The van der Waals surface area contributed by atoms with Crippen LogP contribution in [-0.4, -0.2) is 60.4 Å². The van der Waals surface area contributed by atoms with Crippen LogP contribution in [0, 0.1) is 5.92 Å². The molecule has 0 N–H and O–H groups in total. The third-order valence-corrected chi connectivity index (χ3v) is 7.61. The molecule has 2 aliphatic heterocycles. The van der Waals surface area contributed by atoms with Gasteiger partial charge in [0.2, 0.25) is 5.95 Å². The monoisotopic (exact) mass is 490 g/mol. The summed E-state index contributed by atoms with van der Waals surface area (Å²) in [6, 6.07) is 15.0. The Labute approximate surface area is 211 Å². The first kappa shape index (κ1) is 24.2. The third-order valence-electron chi connectivity index (χ3n) is 7.61. The van der Waals surface area contributed by atoms with Gasteiger partial charge in [0.1, 0.15) is 0 Å². The van der Waals surface area contributed by atoms with Crippen molar-refractivity contribution in [3.8, 4) is 0 Å². The summed E-state index contributed by atoms with van der Waals surface area (Å²) in [5, 5.41) is 0. The molecule has 0 aliphatic carbocycles. The van der Waals surface area contributed by atoms with Crippen LogP contribution in [0.4, 0.5) is 10.7 Å². The number of methoxy groups -OCH3 is 2. The van der Waals surface area contributed by atoms with Gasteiger partial charge in [-0.3, -0.25) is 4.79 Å². The highest BCUT2D eigenvalue weighted by molar-refractivity contribution is 5.85. The molecule has 0 saturated carbocycles. The van der Waals surface area contributed by atoms with Crippen LogP contribution in [0.3, 0.4) is 0 Å². The van der Waals surface area contributed by atoms with Crippen molar-refractivity contribution in [3.63, 3.8) is 0 Å². The van der Waals surface area contributed by atoms with E-state index in [1.165, 1.54) is 25.3 Å². The molecule has 0 bridgehead atoms. The van der Waals surface area contributed by atoms with Crippen LogP contribution >= 0.6 is 0 Å². The molecule has 2 aliphatic rings. The molecular weight excluding hydrogens is 456 g/mol. The fourth-order valence-electron chi connectivity index (χ4n) is 5.65. The lowest BCUT2D eigenvalue weighted by atomic mass is 9.97. The third kappa shape index (κ3) is 4.52. The minimum absolute atomic E-state index is 0.0628. The minimum Gasteiger partial charge on any atom is -0.469 e. The maximum atomic E-state index is 12.3. The predicted molar refractivity (Wildman–Crippen MR) is 138 cm³/mol. The van der Waals surface area contributed by atoms with E-state index in [2.05, 4.69) is 52.8 Å². The summed E-state index contributed by atoms with van der Waals surface area (Å²) in [6.07, 6.45) is 2.85. The molecule has 1 fully saturated rings. The van der Waals surface area contributed by atoms with E-state index in [1.54, 1.807) is 4.90 Å². The van der Waals surface area contributed by atoms with Gasteiger partial charge in [0.25, 0.3) is 0 Å². The Morgan fingerprint density at radius 1 is 1.03 bits per heavy atom. The van der Waals surface area contributed by atoms with Crippen molar-refractivity contribution in [2.24, 2.45) is 5.92 Å². The average Bonchev–Trinajstić information content (AvgIpc) is 3.33. The molecule has 0 radical (unpaired) electrons. The van der Waals surface area contributed by atoms with Gasteiger partial charge in [-0.25, -0.2) is 9.78 Å². The summed E-state index contributed by atoms with van der Waals surface area (Å²) in [4.78, 5) is 33.6. The number of amides is 1. The number of anilines is 1. The number of imidazole rings is 1. The number of aromatic nitrogens is 2. The summed E-state index contributed by atoms with van der Waals surface area (Å²) in [7, 11) is 2.88. The molecular formula is C28H34N4O4. The number of esters is 1. The number of fused-ring (bicyclic) bond motifs is 3. The molecule has 1 atom stereocenters. The van der Waals surface area contributed by atoms with Crippen LogP contribution in [0.5, 0.6) is 0 Å². The number of carbonyl (C=O) groups is 2. The van der Waals surface area contributed by atoms with Crippen molar-refractivity contribution in [3.05, 3.63) is 59.2 Å². The van der Waals surface area contributed by atoms with Crippen molar-refractivity contribution >= 4 is 29.0 Å². The van der Waals surface area contributed by atoms with Crippen molar-refractivity contribution < 1.29 is 19.1 Å². The molecule has 8 nitrogen and oxygen atoms in total. The molecule has 0 spiro atoms. The molecule has 36 heavy (non-hydrogen) atoms. The number of piperidine rings is 1. The smallest absolute Gasteiger partial charge is 0.409 e. The van der Waals surface area contributed by atoms with Crippen LogP contribution in [-0.2, 0) is 33.7 Å². The zero-order valence-electron chi connectivity index (χ0n) is 21.3. The summed E-state index contributed by atoms with van der Waals surface area (Å²) >= 11 is 0. The standard InChI is InChI=1S/C28H34N4O4/c1-19(17-20-7-5-4-6-8-20)32-24-10-9-21-11-16-31(28(34)36-3)18-23(21)25(24)29-27(32)30-14-12-22(13-15-30)26(33)35-2/h4-10,19,22H,11-18H2,1-3H3/t19-/m0/s1. The van der Waals surface area contributed by atoms with E-state index < -0.39 is 0 Å². The van der Waals surface area contributed by atoms with Crippen molar-refractivity contribution in [2.75, 3.05) is 38.8 Å². The zero-order valence-corrected chi connectivity index (χ0v) is 21.3. The quantitative estimate of drug-likeness (QED) is 0.495. The molecule has 2 aromatic carbocycles. The first-order valence-corrected chi connectivity index (χ1v) is 12.7. The Morgan fingerprint density at radius 2 is 1.78 bits per heavy atom. The lowest BCUT2D eigenvalue weighted by molar-refractivity contribution is -0.146. The lowest BCUT2D eigenvalue weighted by Crippen LogP contribution is -2.38. The fourth-order valence-corrected chi connectivity index (χ4v) is 5.65. The Balaban J connectivity index is 1.55. The van der Waals surface area contributed by atoms with Gasteiger partial charge in [0.15, 0.2) is 0 Å². The second kappa shape index (κ2) is 10.2. The number of carbonyl (C=O) groups excluding carboxylic acids is 2. The summed E-state index contributed by atoms with van der Waals surface area (Å²) in [5.41, 5.74) is 5.64. The molecule has 3 heterocycles. The highest BCUT2D eigenvalue weighted by atomic mass is 16.5. The molecule has 190 valence electrons. The van der Waals surface area contributed by atoms with Gasteiger partial charge in [-0.1, -0.05) is 36.4 Å². The van der Waals surface area contributed by atoms with Gasteiger partial charge in [-0.15, -0.1) is 0 Å². The first-order valence-electron chi connectivity index (χ1n) is 12.7. The van der Waals surface area contributed by atoms with Gasteiger partial charge in [-0.05, 0) is 49.8 Å². The highest BCUT2D eigenvalue weighted by Crippen LogP contribution is 2.35. The summed E-state index contributed by atoms with van der Waals surface area (Å²) < 4.78 is 12.3. The SMILES string of the molecule is COC(=O)C1CCN(c2nc3c4c(ccc3n2[C@@H](C)Cc2ccccc2)CCN(C(=O)OC)C4)CC1. The average molecular weight is 491 g/mol. The number of ether oxygens (including phenoxy) is 2. The van der Waals surface area contributed by atoms with E-state index in [-0.39, 0.29) is 24.0 Å². The maximum absolute atomic E-state index is 12.3. The minimum atomic E-state index is -0.306. The van der Waals surface area contributed by atoms with E-state index in [4.69, 9.17) is 14.5 Å². The van der Waals surface area contributed by atoms with E-state index >= 15 is 0 Å². The Kier molecular flexibility index (Phi) is 6.85. The number of nitrogens with zero attached hydrogens (tertiary/aromatic N) is 4. The Morgan fingerprint density at radius 3 is 2.47 bits per heavy atom. The second-order valence-electron chi connectivity index (χ2n) is 9.82. The molecule has 8 heteroatoms. The lowest BCUT2D eigenvalue weighted by Gasteiger charge is -2.33. The number of hydrogen-bond donors (Lipinski definition) is 0. The Bertz CT molecular complexity index is 1250. The van der Waals surface area contributed by atoms with E-state index in [9.17, 15) is 9.59 Å². The molecule has 3 aromatic rings. The van der Waals surface area contributed by atoms with Gasteiger partial charge in [-0.2, -0.15) is 0 Å². The second-order valence-corrected chi connectivity index (χ2v) is 9.82. The van der Waals surface area contributed by atoms with Crippen LogP contribution in [0.25, 0.3) is 11.0 Å². The summed E-state index contributed by atoms with van der Waals surface area (Å²) in [6.45, 7) is 4.87. The van der Waals surface area contributed by atoms with E-state index in [0.717, 1.165) is 61.3 Å². The largest absolute Gasteiger partial charge is 0.469 e. The molecule has 5 rings (SSSR count). The maximum Gasteiger partial charge on any atom is 0.409 e.